The molecule has 6 heteroatoms. The van der Waals surface area contributed by atoms with E-state index in [1.54, 1.807) is 12.4 Å². The van der Waals surface area contributed by atoms with Gasteiger partial charge in [-0.15, -0.1) is 0 Å². The van der Waals surface area contributed by atoms with Crippen molar-refractivity contribution in [1.29, 1.82) is 0 Å². The second-order valence-electron chi connectivity index (χ2n) is 3.61. The van der Waals surface area contributed by atoms with E-state index in [1.807, 2.05) is 12.1 Å². The van der Waals surface area contributed by atoms with Crippen molar-refractivity contribution in [1.82, 2.24) is 9.97 Å². The fourth-order valence-corrected chi connectivity index (χ4v) is 1.99. The van der Waals surface area contributed by atoms with Crippen molar-refractivity contribution in [3.8, 4) is 0 Å². The van der Waals surface area contributed by atoms with E-state index in [-0.39, 0.29) is 6.42 Å². The molecule has 2 rings (SSSR count). The summed E-state index contributed by atoms with van der Waals surface area (Å²) in [6, 6.07) is 2.70. The zero-order valence-electron chi connectivity index (χ0n) is 8.80. The summed E-state index contributed by atoms with van der Waals surface area (Å²) in [5.41, 5.74) is 7.69. The van der Waals surface area contributed by atoms with Gasteiger partial charge in [0.25, 0.3) is 0 Å². The molecule has 0 bridgehead atoms. The van der Waals surface area contributed by atoms with Crippen LogP contribution in [0, 0.1) is 0 Å². The van der Waals surface area contributed by atoms with Gasteiger partial charge in [0.15, 0.2) is 0 Å². The number of carboxylic acids is 1. The molecule has 1 atom stereocenters. The Morgan fingerprint density at radius 1 is 1.35 bits per heavy atom. The van der Waals surface area contributed by atoms with Gasteiger partial charge in [-0.3, -0.25) is 14.8 Å². The number of hydrogen-bond donors (Lipinski definition) is 2. The van der Waals surface area contributed by atoms with Gasteiger partial charge in [0.1, 0.15) is 11.6 Å². The quantitative estimate of drug-likeness (QED) is 0.892. The zero-order valence-corrected chi connectivity index (χ0v) is 10.4. The van der Waals surface area contributed by atoms with Crippen molar-refractivity contribution >= 4 is 32.9 Å². The van der Waals surface area contributed by atoms with Crippen LogP contribution in [-0.4, -0.2) is 27.1 Å². The maximum atomic E-state index is 10.7. The minimum atomic E-state index is -1.02. The van der Waals surface area contributed by atoms with Gasteiger partial charge in [-0.2, -0.15) is 0 Å². The van der Waals surface area contributed by atoms with Gasteiger partial charge in [0, 0.05) is 23.3 Å². The lowest BCUT2D eigenvalue weighted by atomic mass is 10.0. The second-order valence-corrected chi connectivity index (χ2v) is 4.46. The Bertz CT molecular complexity index is 574. The molecule has 0 aliphatic carbocycles. The van der Waals surface area contributed by atoms with Gasteiger partial charge in [0.05, 0.1) is 5.52 Å². The van der Waals surface area contributed by atoms with Crippen LogP contribution in [0.3, 0.4) is 0 Å². The first-order chi connectivity index (χ1) is 8.09. The van der Waals surface area contributed by atoms with Crippen molar-refractivity contribution in [2.24, 2.45) is 5.73 Å². The fourth-order valence-electron chi connectivity index (χ4n) is 1.57. The molecular formula is C11H10BrN3O2. The number of aromatic nitrogens is 2. The van der Waals surface area contributed by atoms with E-state index in [4.69, 9.17) is 10.8 Å². The third-order valence-corrected chi connectivity index (χ3v) is 3.06. The van der Waals surface area contributed by atoms with Crippen LogP contribution in [0.2, 0.25) is 0 Å². The number of halogens is 1. The molecule has 0 saturated heterocycles. The first-order valence-corrected chi connectivity index (χ1v) is 5.75. The van der Waals surface area contributed by atoms with E-state index in [2.05, 4.69) is 25.9 Å². The SMILES string of the molecule is N[C@@H](Cc1ccc(Br)c2nccnc12)C(=O)O. The Kier molecular flexibility index (Phi) is 3.35. The summed E-state index contributed by atoms with van der Waals surface area (Å²) in [5.74, 6) is -1.02. The molecule has 0 unspecified atom stereocenters. The van der Waals surface area contributed by atoms with E-state index < -0.39 is 12.0 Å². The van der Waals surface area contributed by atoms with Crippen LogP contribution < -0.4 is 5.73 Å². The molecule has 0 radical (unpaired) electrons. The Labute approximate surface area is 106 Å². The predicted octanol–water partition coefficient (Wildman–Crippen LogP) is 1.35. The van der Waals surface area contributed by atoms with Crippen LogP contribution in [-0.2, 0) is 11.2 Å². The number of aliphatic carboxylic acids is 1. The second kappa shape index (κ2) is 4.77. The topological polar surface area (TPSA) is 89.1 Å². The smallest absolute Gasteiger partial charge is 0.320 e. The molecule has 3 N–H and O–H groups in total. The summed E-state index contributed by atoms with van der Waals surface area (Å²) in [6.45, 7) is 0. The first kappa shape index (κ1) is 11.9. The molecule has 5 nitrogen and oxygen atoms in total. The Morgan fingerprint density at radius 3 is 2.65 bits per heavy atom. The molecular weight excluding hydrogens is 286 g/mol. The van der Waals surface area contributed by atoms with Crippen LogP contribution in [0.1, 0.15) is 5.56 Å². The Hall–Kier alpha value is -1.53. The molecule has 1 aromatic carbocycles. The van der Waals surface area contributed by atoms with E-state index >= 15 is 0 Å². The molecule has 0 fully saturated rings. The molecule has 0 amide bonds. The summed E-state index contributed by atoms with van der Waals surface area (Å²) in [4.78, 5) is 19.1. The number of benzene rings is 1. The lowest BCUT2D eigenvalue weighted by Gasteiger charge is -2.09. The highest BCUT2D eigenvalue weighted by Crippen LogP contribution is 2.23. The average Bonchev–Trinajstić information content (AvgIpc) is 2.33. The van der Waals surface area contributed by atoms with Gasteiger partial charge in [-0.25, -0.2) is 0 Å². The molecule has 1 aromatic heterocycles. The standard InChI is InChI=1S/C11H10BrN3O2/c12-7-2-1-6(5-8(13)11(16)17)9-10(7)15-4-3-14-9/h1-4,8H,5,13H2,(H,16,17)/t8-/m0/s1. The highest BCUT2D eigenvalue weighted by atomic mass is 79.9. The molecule has 0 aliphatic rings. The van der Waals surface area contributed by atoms with Gasteiger partial charge in [-0.05, 0) is 27.6 Å². The molecule has 88 valence electrons. The van der Waals surface area contributed by atoms with Crippen molar-refractivity contribution < 1.29 is 9.90 Å². The van der Waals surface area contributed by atoms with Crippen molar-refractivity contribution in [2.45, 2.75) is 12.5 Å². The maximum absolute atomic E-state index is 10.7. The number of fused-ring (bicyclic) bond motifs is 1. The fraction of sp³-hybridized carbons (Fsp3) is 0.182. The van der Waals surface area contributed by atoms with Crippen LogP contribution in [0.15, 0.2) is 29.0 Å². The molecule has 17 heavy (non-hydrogen) atoms. The van der Waals surface area contributed by atoms with E-state index in [9.17, 15) is 4.79 Å². The number of nitrogens with zero attached hydrogens (tertiary/aromatic N) is 2. The predicted molar refractivity (Wildman–Crippen MR) is 66.6 cm³/mol. The number of carboxylic acid groups (broad SMARTS) is 1. The van der Waals surface area contributed by atoms with Crippen LogP contribution in [0.4, 0.5) is 0 Å². The lowest BCUT2D eigenvalue weighted by Crippen LogP contribution is -2.32. The highest BCUT2D eigenvalue weighted by Gasteiger charge is 2.15. The summed E-state index contributed by atoms with van der Waals surface area (Å²) >= 11 is 3.38. The third-order valence-electron chi connectivity index (χ3n) is 2.42. The van der Waals surface area contributed by atoms with E-state index in [0.29, 0.717) is 11.0 Å². The third kappa shape index (κ3) is 2.42. The molecule has 0 aliphatic heterocycles. The Balaban J connectivity index is 2.48. The first-order valence-electron chi connectivity index (χ1n) is 4.96. The minimum absolute atomic E-state index is 0.234. The van der Waals surface area contributed by atoms with Crippen molar-refractivity contribution in [3.63, 3.8) is 0 Å². The minimum Gasteiger partial charge on any atom is -0.480 e. The maximum Gasteiger partial charge on any atom is 0.320 e. The van der Waals surface area contributed by atoms with Gasteiger partial charge in [-0.1, -0.05) is 6.07 Å². The summed E-state index contributed by atoms with van der Waals surface area (Å²) in [6.07, 6.45) is 3.40. The molecule has 1 heterocycles. The van der Waals surface area contributed by atoms with Gasteiger partial charge < -0.3 is 10.8 Å². The molecule has 2 aromatic rings. The summed E-state index contributed by atoms with van der Waals surface area (Å²) in [7, 11) is 0. The number of hydrogen-bond acceptors (Lipinski definition) is 4. The van der Waals surface area contributed by atoms with Crippen LogP contribution >= 0.6 is 15.9 Å². The average molecular weight is 296 g/mol. The monoisotopic (exact) mass is 295 g/mol. The van der Waals surface area contributed by atoms with E-state index in [1.165, 1.54) is 0 Å². The largest absolute Gasteiger partial charge is 0.480 e. The summed E-state index contributed by atoms with van der Waals surface area (Å²) < 4.78 is 0.827. The zero-order chi connectivity index (χ0) is 12.4. The number of carbonyl (C=O) groups is 1. The van der Waals surface area contributed by atoms with Crippen molar-refractivity contribution in [3.05, 3.63) is 34.6 Å². The van der Waals surface area contributed by atoms with E-state index in [0.717, 1.165) is 10.0 Å². The number of nitrogens with two attached hydrogens (primary N) is 1. The van der Waals surface area contributed by atoms with Crippen LogP contribution in [0.5, 0.6) is 0 Å². The van der Waals surface area contributed by atoms with Gasteiger partial charge >= 0.3 is 5.97 Å². The van der Waals surface area contributed by atoms with Crippen molar-refractivity contribution in [2.75, 3.05) is 0 Å². The number of rotatable bonds is 3. The molecule has 0 saturated carbocycles. The normalized spacial score (nSPS) is 12.6. The van der Waals surface area contributed by atoms with Gasteiger partial charge in [0.2, 0.25) is 0 Å². The Morgan fingerprint density at radius 2 is 2.00 bits per heavy atom. The molecule has 0 spiro atoms. The highest BCUT2D eigenvalue weighted by molar-refractivity contribution is 9.10. The summed E-state index contributed by atoms with van der Waals surface area (Å²) in [5, 5.41) is 8.80. The van der Waals surface area contributed by atoms with Crippen LogP contribution in [0.25, 0.3) is 11.0 Å². The lowest BCUT2D eigenvalue weighted by molar-refractivity contribution is -0.138.